The van der Waals surface area contributed by atoms with E-state index in [-0.39, 0.29) is 16.8 Å². The van der Waals surface area contributed by atoms with E-state index in [0.29, 0.717) is 27.6 Å². The van der Waals surface area contributed by atoms with Gasteiger partial charge >= 0.3 is 0 Å². The van der Waals surface area contributed by atoms with Gasteiger partial charge < -0.3 is 0 Å². The molecule has 0 fully saturated rings. The third kappa shape index (κ3) is 4.37. The second-order valence-electron chi connectivity index (χ2n) is 5.72. The van der Waals surface area contributed by atoms with E-state index in [1.54, 1.807) is 47.8 Å². The number of hydrogen-bond donors (Lipinski definition) is 0. The molecule has 0 saturated heterocycles. The van der Waals surface area contributed by atoms with Gasteiger partial charge in [-0.15, -0.1) is 23.5 Å². The van der Waals surface area contributed by atoms with Gasteiger partial charge in [-0.05, 0) is 47.7 Å². The van der Waals surface area contributed by atoms with Crippen molar-refractivity contribution in [1.82, 2.24) is 0 Å². The summed E-state index contributed by atoms with van der Waals surface area (Å²) < 4.78 is 0.795. The van der Waals surface area contributed by atoms with Crippen molar-refractivity contribution >= 4 is 58.3 Å². The first-order chi connectivity index (χ1) is 12.5. The molecule has 134 valence electrons. The van der Waals surface area contributed by atoms with Crippen molar-refractivity contribution in [2.45, 2.75) is 18.6 Å². The van der Waals surface area contributed by atoms with Crippen molar-refractivity contribution in [3.63, 3.8) is 0 Å². The summed E-state index contributed by atoms with van der Waals surface area (Å²) in [7, 11) is 0. The molecule has 0 aromatic heterocycles. The molecule has 1 aliphatic rings. The fraction of sp³-hybridized carbons (Fsp3) is 0.200. The molecule has 0 radical (unpaired) electrons. The van der Waals surface area contributed by atoms with Gasteiger partial charge in [0, 0.05) is 27.3 Å². The molecule has 1 aliphatic heterocycles. The maximum absolute atomic E-state index is 12.9. The fourth-order valence-electron chi connectivity index (χ4n) is 2.68. The van der Waals surface area contributed by atoms with Crippen LogP contribution in [0.3, 0.4) is 0 Å². The van der Waals surface area contributed by atoms with Gasteiger partial charge in [0.25, 0.3) is 0 Å². The van der Waals surface area contributed by atoms with E-state index < -0.39 is 0 Å². The van der Waals surface area contributed by atoms with Crippen LogP contribution in [0.25, 0.3) is 0 Å². The summed E-state index contributed by atoms with van der Waals surface area (Å²) in [4.78, 5) is 25.8. The molecule has 3 rings (SSSR count). The summed E-state index contributed by atoms with van der Waals surface area (Å²) in [6, 6.07) is 14.2. The Morgan fingerprint density at radius 2 is 1.65 bits per heavy atom. The largest absolute Gasteiger partial charge is 0.294 e. The smallest absolute Gasteiger partial charge is 0.198 e. The minimum Gasteiger partial charge on any atom is -0.294 e. The Hall–Kier alpha value is -1.20. The first-order valence-corrected chi connectivity index (χ1v) is 10.7. The van der Waals surface area contributed by atoms with E-state index in [0.717, 1.165) is 15.6 Å². The number of rotatable bonds is 5. The van der Waals surface area contributed by atoms with Crippen molar-refractivity contribution < 1.29 is 9.59 Å². The molecule has 6 heteroatoms. The van der Waals surface area contributed by atoms with Crippen molar-refractivity contribution in [3.8, 4) is 0 Å². The number of benzene rings is 2. The van der Waals surface area contributed by atoms with Crippen molar-refractivity contribution in [2.24, 2.45) is 0 Å². The third-order valence-electron chi connectivity index (χ3n) is 3.95. The second-order valence-corrected chi connectivity index (χ2v) is 9.34. The van der Waals surface area contributed by atoms with E-state index in [1.165, 1.54) is 0 Å². The zero-order chi connectivity index (χ0) is 18.7. The van der Waals surface area contributed by atoms with Crippen LogP contribution < -0.4 is 0 Å². The molecule has 0 unspecified atom stereocenters. The number of carbonyl (C=O) groups excluding carboxylic acids is 2. The predicted molar refractivity (Wildman–Crippen MR) is 112 cm³/mol. The zero-order valence-electron chi connectivity index (χ0n) is 14.0. The minimum absolute atomic E-state index is 0.00409. The lowest BCUT2D eigenvalue weighted by Gasteiger charge is -2.25. The molecule has 1 heterocycles. The van der Waals surface area contributed by atoms with E-state index >= 15 is 0 Å². The molecular formula is C20H16Cl2O2S2. The lowest BCUT2D eigenvalue weighted by atomic mass is 9.96. The standard InChI is InChI=1S/C20H16Cl2O2S2/c1-2-25-20-18(19(24)13-5-9-15(22)10-6-13)16(23)11-17(26-20)12-3-7-14(21)8-4-12/h3-10,17H,2,11H2,1H3/t17-/m0/s1. The van der Waals surface area contributed by atoms with Crippen LogP contribution in [0.15, 0.2) is 58.3 Å². The van der Waals surface area contributed by atoms with Crippen LogP contribution in [0.4, 0.5) is 0 Å². The second kappa shape index (κ2) is 8.66. The van der Waals surface area contributed by atoms with Gasteiger partial charge in [-0.1, -0.05) is 42.3 Å². The molecule has 2 aromatic carbocycles. The lowest BCUT2D eigenvalue weighted by molar-refractivity contribution is -0.115. The molecule has 26 heavy (non-hydrogen) atoms. The van der Waals surface area contributed by atoms with Crippen LogP contribution in [-0.4, -0.2) is 17.3 Å². The molecule has 0 aliphatic carbocycles. The van der Waals surface area contributed by atoms with E-state index in [9.17, 15) is 9.59 Å². The van der Waals surface area contributed by atoms with Gasteiger partial charge in [-0.25, -0.2) is 0 Å². The summed E-state index contributed by atoms with van der Waals surface area (Å²) in [6.45, 7) is 2.01. The van der Waals surface area contributed by atoms with Gasteiger partial charge in [-0.2, -0.15) is 0 Å². The molecule has 2 aromatic rings. The molecule has 0 amide bonds. The molecule has 0 N–H and O–H groups in total. The molecule has 0 spiro atoms. The zero-order valence-corrected chi connectivity index (χ0v) is 17.1. The quantitative estimate of drug-likeness (QED) is 0.401. The average Bonchev–Trinajstić information content (AvgIpc) is 2.62. The van der Waals surface area contributed by atoms with Crippen LogP contribution in [-0.2, 0) is 4.79 Å². The lowest BCUT2D eigenvalue weighted by Crippen LogP contribution is -2.20. The number of hydrogen-bond acceptors (Lipinski definition) is 4. The van der Waals surface area contributed by atoms with Crippen LogP contribution in [0.1, 0.15) is 34.5 Å². The van der Waals surface area contributed by atoms with E-state index in [2.05, 4.69) is 0 Å². The highest BCUT2D eigenvalue weighted by Crippen LogP contribution is 2.48. The maximum atomic E-state index is 12.9. The van der Waals surface area contributed by atoms with Crippen molar-refractivity contribution in [3.05, 3.63) is 79.5 Å². The summed E-state index contributed by atoms with van der Waals surface area (Å²) in [6.07, 6.45) is 0.300. The molecule has 0 bridgehead atoms. The average molecular weight is 423 g/mol. The highest BCUT2D eigenvalue weighted by molar-refractivity contribution is 8.22. The topological polar surface area (TPSA) is 34.1 Å². The maximum Gasteiger partial charge on any atom is 0.198 e. The monoisotopic (exact) mass is 422 g/mol. The number of carbonyl (C=O) groups is 2. The van der Waals surface area contributed by atoms with Crippen molar-refractivity contribution in [1.29, 1.82) is 0 Å². The summed E-state index contributed by atoms with van der Waals surface area (Å²) in [5.74, 6) is 0.449. The normalized spacial score (nSPS) is 17.5. The van der Waals surface area contributed by atoms with Gasteiger partial charge in [0.15, 0.2) is 11.6 Å². The number of allylic oxidation sites excluding steroid dienone is 1. The van der Waals surface area contributed by atoms with Gasteiger partial charge in [0.1, 0.15) is 0 Å². The molecular weight excluding hydrogens is 407 g/mol. The molecule has 0 saturated carbocycles. The van der Waals surface area contributed by atoms with Gasteiger partial charge in [-0.3, -0.25) is 9.59 Å². The van der Waals surface area contributed by atoms with Gasteiger partial charge in [0.05, 0.1) is 9.81 Å². The van der Waals surface area contributed by atoms with Crippen molar-refractivity contribution in [2.75, 3.05) is 5.75 Å². The first-order valence-electron chi connectivity index (χ1n) is 8.12. The van der Waals surface area contributed by atoms with Gasteiger partial charge in [0.2, 0.25) is 0 Å². The summed E-state index contributed by atoms with van der Waals surface area (Å²) in [5.41, 5.74) is 1.83. The Labute approximate surface area is 171 Å². The van der Waals surface area contributed by atoms with Crippen LogP contribution in [0.2, 0.25) is 10.0 Å². The Morgan fingerprint density at radius 1 is 1.08 bits per heavy atom. The highest BCUT2D eigenvalue weighted by atomic mass is 35.5. The number of Topliss-reactive ketones (excluding diaryl/α,β-unsaturated/α-hetero) is 2. The Bertz CT molecular complexity index is 858. The molecule has 2 nitrogen and oxygen atoms in total. The first kappa shape index (κ1) is 19.6. The predicted octanol–water partition coefficient (Wildman–Crippen LogP) is 6.59. The molecule has 1 atom stereocenters. The number of thioether (sulfide) groups is 2. The minimum atomic E-state index is -0.232. The SMILES string of the molecule is CCSC1=C(C(=O)c2ccc(Cl)cc2)C(=O)C[C@@H](c2ccc(Cl)cc2)S1. The van der Waals surface area contributed by atoms with Crippen LogP contribution >= 0.6 is 46.7 Å². The summed E-state index contributed by atoms with van der Waals surface area (Å²) in [5, 5.41) is 1.22. The Morgan fingerprint density at radius 3 is 2.23 bits per heavy atom. The Kier molecular flexibility index (Phi) is 6.51. The third-order valence-corrected chi connectivity index (χ3v) is 7.00. The fourth-order valence-corrected chi connectivity index (χ4v) is 5.63. The van der Waals surface area contributed by atoms with Crippen LogP contribution in [0.5, 0.6) is 0 Å². The summed E-state index contributed by atoms with van der Waals surface area (Å²) >= 11 is 15.0. The number of halogens is 2. The van der Waals surface area contributed by atoms with Crippen LogP contribution in [0, 0.1) is 0 Å². The highest BCUT2D eigenvalue weighted by Gasteiger charge is 2.33. The Balaban J connectivity index is 1.95. The van der Waals surface area contributed by atoms with E-state index in [1.807, 2.05) is 31.2 Å². The van der Waals surface area contributed by atoms with E-state index in [4.69, 9.17) is 23.2 Å². The number of ketones is 2.